The Bertz CT molecular complexity index is 1580. The lowest BCUT2D eigenvalue weighted by Gasteiger charge is -2.44. The van der Waals surface area contributed by atoms with E-state index in [2.05, 4.69) is 0 Å². The van der Waals surface area contributed by atoms with Gasteiger partial charge in [-0.1, -0.05) is 72.8 Å². The SMILES string of the molecule is [B][C@H]1O[C@H](CCOC(=O)c2ccccc2)[C@@H](OC(=O)c2ccccc2)[C@H](OC(=O)c2ccccc2)[C@H]1OC(=O)c1ccccc1. The van der Waals surface area contributed by atoms with Gasteiger partial charge in [-0.25, -0.2) is 19.2 Å². The van der Waals surface area contributed by atoms with Crippen LogP contribution in [0, 0.1) is 0 Å². The molecule has 45 heavy (non-hydrogen) atoms. The molecule has 1 heterocycles. The van der Waals surface area contributed by atoms with Crippen molar-refractivity contribution in [3.05, 3.63) is 144 Å². The van der Waals surface area contributed by atoms with E-state index in [1.165, 1.54) is 0 Å². The minimum atomic E-state index is -1.39. The zero-order valence-corrected chi connectivity index (χ0v) is 24.1. The van der Waals surface area contributed by atoms with E-state index in [9.17, 15) is 19.2 Å². The fourth-order valence-corrected chi connectivity index (χ4v) is 4.81. The predicted molar refractivity (Wildman–Crippen MR) is 163 cm³/mol. The molecule has 0 bridgehead atoms. The van der Waals surface area contributed by atoms with Gasteiger partial charge in [-0.15, -0.1) is 0 Å². The first-order valence-corrected chi connectivity index (χ1v) is 14.3. The maximum Gasteiger partial charge on any atom is 0.338 e. The highest BCUT2D eigenvalue weighted by molar-refractivity contribution is 6.11. The first-order chi connectivity index (χ1) is 21.9. The van der Waals surface area contributed by atoms with Crippen LogP contribution in [0.5, 0.6) is 0 Å². The highest BCUT2D eigenvalue weighted by atomic mass is 16.6. The number of hydrogen-bond donors (Lipinski definition) is 0. The standard InChI is InChI=1S/C35H29BO9/c36-31-30(45-35(40)26-19-11-4-12-20-26)29(44-34(39)25-17-9-3-10-18-25)28(43-33(38)24-15-7-2-8-16-24)27(42-31)21-22-41-32(37)23-13-5-1-6-14-23/h1-20,27-31H,21-22H2/t27-,28-,29+,30-,31+/m1/s1. The van der Waals surface area contributed by atoms with Crippen LogP contribution >= 0.6 is 0 Å². The summed E-state index contributed by atoms with van der Waals surface area (Å²) in [6, 6.07) is 31.7. The Morgan fingerprint density at radius 2 is 0.867 bits per heavy atom. The second-order valence-corrected chi connectivity index (χ2v) is 10.1. The average molecular weight is 604 g/mol. The van der Waals surface area contributed by atoms with Gasteiger partial charge in [-0.2, -0.15) is 0 Å². The normalized spacial score (nSPS) is 20.8. The maximum atomic E-state index is 13.3. The van der Waals surface area contributed by atoms with Crippen molar-refractivity contribution in [3.8, 4) is 0 Å². The molecule has 1 aliphatic rings. The molecule has 0 unspecified atom stereocenters. The average Bonchev–Trinajstić information content (AvgIpc) is 3.09. The Morgan fingerprint density at radius 1 is 0.511 bits per heavy atom. The smallest absolute Gasteiger partial charge is 0.338 e. The van der Waals surface area contributed by atoms with Crippen LogP contribution < -0.4 is 0 Å². The van der Waals surface area contributed by atoms with E-state index in [0.717, 1.165) is 0 Å². The lowest BCUT2D eigenvalue weighted by molar-refractivity contribution is -0.204. The Labute approximate surface area is 261 Å². The van der Waals surface area contributed by atoms with Gasteiger partial charge in [-0.3, -0.25) is 0 Å². The monoisotopic (exact) mass is 604 g/mol. The molecule has 5 rings (SSSR count). The molecule has 2 radical (unpaired) electrons. The van der Waals surface area contributed by atoms with Crippen molar-refractivity contribution in [1.29, 1.82) is 0 Å². The molecule has 5 atom stereocenters. The molecule has 0 spiro atoms. The Balaban J connectivity index is 1.44. The summed E-state index contributed by atoms with van der Waals surface area (Å²) in [6.45, 7) is -0.141. The molecule has 9 nitrogen and oxygen atoms in total. The van der Waals surface area contributed by atoms with Crippen molar-refractivity contribution in [2.45, 2.75) is 36.8 Å². The zero-order valence-electron chi connectivity index (χ0n) is 24.1. The molecule has 226 valence electrons. The van der Waals surface area contributed by atoms with Crippen molar-refractivity contribution in [1.82, 2.24) is 0 Å². The highest BCUT2D eigenvalue weighted by Gasteiger charge is 2.50. The van der Waals surface area contributed by atoms with E-state index < -0.39 is 54.3 Å². The van der Waals surface area contributed by atoms with Gasteiger partial charge in [0.1, 0.15) is 14.0 Å². The summed E-state index contributed by atoms with van der Waals surface area (Å²) in [4.78, 5) is 52.4. The molecule has 1 aliphatic heterocycles. The van der Waals surface area contributed by atoms with Gasteiger partial charge in [-0.05, 0) is 48.5 Å². The number of benzene rings is 4. The number of ether oxygens (including phenoxy) is 5. The Hall–Kier alpha value is -5.22. The summed E-state index contributed by atoms with van der Waals surface area (Å²) in [5.74, 6) is -2.80. The van der Waals surface area contributed by atoms with E-state index in [1.54, 1.807) is 121 Å². The van der Waals surface area contributed by atoms with E-state index in [-0.39, 0.29) is 29.7 Å². The van der Waals surface area contributed by atoms with Crippen LogP contribution in [0.3, 0.4) is 0 Å². The Morgan fingerprint density at radius 3 is 1.29 bits per heavy atom. The van der Waals surface area contributed by atoms with Gasteiger partial charge in [0.15, 0.2) is 18.3 Å². The fraction of sp³-hybridized carbons (Fsp3) is 0.200. The topological polar surface area (TPSA) is 114 Å². The molecule has 0 saturated carbocycles. The summed E-state index contributed by atoms with van der Waals surface area (Å²) in [6.07, 6.45) is -5.08. The van der Waals surface area contributed by atoms with Crippen molar-refractivity contribution < 1.29 is 42.9 Å². The van der Waals surface area contributed by atoms with Crippen LogP contribution in [0.4, 0.5) is 0 Å². The van der Waals surface area contributed by atoms with Gasteiger partial charge in [0.25, 0.3) is 0 Å². The van der Waals surface area contributed by atoms with Gasteiger partial charge >= 0.3 is 23.9 Å². The molecule has 4 aromatic carbocycles. The van der Waals surface area contributed by atoms with E-state index >= 15 is 0 Å². The second-order valence-electron chi connectivity index (χ2n) is 10.1. The zero-order chi connectivity index (χ0) is 31.6. The van der Waals surface area contributed by atoms with Gasteiger partial charge in [0.05, 0.1) is 34.9 Å². The van der Waals surface area contributed by atoms with Crippen LogP contribution in [0.15, 0.2) is 121 Å². The summed E-state index contributed by atoms with van der Waals surface area (Å²) in [5, 5.41) is 0. The molecular weight excluding hydrogens is 575 g/mol. The largest absolute Gasteiger partial charge is 0.462 e. The molecular formula is C35H29BO9. The fourth-order valence-electron chi connectivity index (χ4n) is 4.81. The van der Waals surface area contributed by atoms with Crippen molar-refractivity contribution in [3.63, 3.8) is 0 Å². The van der Waals surface area contributed by atoms with Gasteiger partial charge in [0, 0.05) is 6.42 Å². The van der Waals surface area contributed by atoms with Crippen LogP contribution in [-0.2, 0) is 23.7 Å². The third-order valence-electron chi connectivity index (χ3n) is 7.07. The van der Waals surface area contributed by atoms with Gasteiger partial charge in [0.2, 0.25) is 0 Å². The number of esters is 4. The first kappa shape index (κ1) is 31.2. The highest BCUT2D eigenvalue weighted by Crippen LogP contribution is 2.31. The minimum Gasteiger partial charge on any atom is -0.462 e. The molecule has 1 saturated heterocycles. The summed E-state index contributed by atoms with van der Waals surface area (Å²) in [5.41, 5.74) is 1.03. The molecule has 0 N–H and O–H groups in total. The quantitative estimate of drug-likeness (QED) is 0.143. The Kier molecular flexibility index (Phi) is 10.4. The van der Waals surface area contributed by atoms with Crippen molar-refractivity contribution >= 4 is 31.7 Å². The summed E-state index contributed by atoms with van der Waals surface area (Å²) < 4.78 is 29.1. The number of carbonyl (C=O) groups excluding carboxylic acids is 4. The van der Waals surface area contributed by atoms with Crippen LogP contribution in [0.2, 0.25) is 0 Å². The van der Waals surface area contributed by atoms with E-state index in [1.807, 2.05) is 0 Å². The van der Waals surface area contributed by atoms with Crippen LogP contribution in [-0.4, -0.2) is 68.7 Å². The molecule has 0 aromatic heterocycles. The summed E-state index contributed by atoms with van der Waals surface area (Å²) >= 11 is 0. The molecule has 0 aliphatic carbocycles. The van der Waals surface area contributed by atoms with Crippen molar-refractivity contribution in [2.24, 2.45) is 0 Å². The van der Waals surface area contributed by atoms with E-state index in [4.69, 9.17) is 31.5 Å². The minimum absolute atomic E-state index is 0.0117. The van der Waals surface area contributed by atoms with Crippen LogP contribution in [0.1, 0.15) is 47.9 Å². The van der Waals surface area contributed by atoms with Gasteiger partial charge < -0.3 is 23.7 Å². The predicted octanol–water partition coefficient (Wildman–Crippen LogP) is 4.80. The van der Waals surface area contributed by atoms with Crippen LogP contribution in [0.25, 0.3) is 0 Å². The van der Waals surface area contributed by atoms with E-state index in [0.29, 0.717) is 5.56 Å². The molecule has 0 amide bonds. The maximum absolute atomic E-state index is 13.3. The second kappa shape index (κ2) is 15.0. The number of rotatable bonds is 10. The lowest BCUT2D eigenvalue weighted by atomic mass is 9.83. The lowest BCUT2D eigenvalue weighted by Crippen LogP contribution is -2.61. The molecule has 10 heteroatoms. The number of hydrogen-bond acceptors (Lipinski definition) is 9. The first-order valence-electron chi connectivity index (χ1n) is 14.3. The third-order valence-corrected chi connectivity index (χ3v) is 7.07. The molecule has 4 aromatic rings. The molecule has 1 fully saturated rings. The summed E-state index contributed by atoms with van der Waals surface area (Å²) in [7, 11) is 6.39. The third kappa shape index (κ3) is 8.04. The van der Waals surface area contributed by atoms with Crippen molar-refractivity contribution in [2.75, 3.05) is 6.61 Å². The number of carbonyl (C=O) groups is 4.